The van der Waals surface area contributed by atoms with Crippen LogP contribution in [-0.2, 0) is 0 Å². The predicted molar refractivity (Wildman–Crippen MR) is 82.5 cm³/mol. The lowest BCUT2D eigenvalue weighted by Gasteiger charge is -2.30. The summed E-state index contributed by atoms with van der Waals surface area (Å²) in [5.74, 6) is 2.58. The number of para-hydroxylation sites is 2. The molecule has 0 unspecified atom stereocenters. The molecule has 0 spiro atoms. The molecule has 0 atom stereocenters. The lowest BCUT2D eigenvalue weighted by molar-refractivity contribution is 0.155. The summed E-state index contributed by atoms with van der Waals surface area (Å²) >= 11 is 0. The molecule has 112 valence electrons. The number of benzene rings is 1. The van der Waals surface area contributed by atoms with E-state index < -0.39 is 0 Å². The van der Waals surface area contributed by atoms with Gasteiger partial charge in [0, 0.05) is 6.54 Å². The minimum atomic E-state index is 0.170. The third-order valence-corrected chi connectivity index (χ3v) is 3.75. The number of piperidine rings is 1. The molecule has 20 heavy (non-hydrogen) atoms. The van der Waals surface area contributed by atoms with Crippen molar-refractivity contribution in [2.75, 3.05) is 26.2 Å². The van der Waals surface area contributed by atoms with Crippen molar-refractivity contribution in [1.82, 2.24) is 4.90 Å². The summed E-state index contributed by atoms with van der Waals surface area (Å²) in [5.41, 5.74) is 0. The van der Waals surface area contributed by atoms with Crippen molar-refractivity contribution >= 4 is 0 Å². The van der Waals surface area contributed by atoms with Crippen LogP contribution >= 0.6 is 0 Å². The molecular weight excluding hydrogens is 250 g/mol. The summed E-state index contributed by atoms with van der Waals surface area (Å²) in [7, 11) is 0. The minimum absolute atomic E-state index is 0.170. The fraction of sp³-hybridized carbons (Fsp3) is 0.647. The molecule has 0 bridgehead atoms. The molecule has 1 aliphatic rings. The third kappa shape index (κ3) is 4.71. The zero-order chi connectivity index (χ0) is 14.4. The fourth-order valence-corrected chi connectivity index (χ4v) is 2.49. The number of nitrogens with zero attached hydrogens (tertiary/aromatic N) is 1. The third-order valence-electron chi connectivity index (χ3n) is 3.75. The Morgan fingerprint density at radius 1 is 1.15 bits per heavy atom. The Labute approximate surface area is 122 Å². The van der Waals surface area contributed by atoms with E-state index in [1.807, 2.05) is 38.1 Å². The number of rotatable bonds is 6. The van der Waals surface area contributed by atoms with E-state index >= 15 is 0 Å². The van der Waals surface area contributed by atoms with Gasteiger partial charge in [0.1, 0.15) is 6.61 Å². The van der Waals surface area contributed by atoms with Crippen molar-refractivity contribution < 1.29 is 9.47 Å². The van der Waals surface area contributed by atoms with Gasteiger partial charge in [0.25, 0.3) is 0 Å². The highest BCUT2D eigenvalue weighted by atomic mass is 16.5. The maximum atomic E-state index is 5.90. The molecular formula is C17H27NO2. The highest BCUT2D eigenvalue weighted by molar-refractivity contribution is 5.39. The topological polar surface area (TPSA) is 21.7 Å². The summed E-state index contributed by atoms with van der Waals surface area (Å²) in [6, 6.07) is 7.93. The maximum Gasteiger partial charge on any atom is 0.161 e. The lowest BCUT2D eigenvalue weighted by atomic mass is 9.99. The average Bonchev–Trinajstić information content (AvgIpc) is 2.42. The standard InChI is InChI=1S/C17H27NO2/c1-14(2)20-17-7-5-4-6-16(17)19-13-12-18-10-8-15(3)9-11-18/h4-7,14-15H,8-13H2,1-3H3. The van der Waals surface area contributed by atoms with Crippen molar-refractivity contribution in [3.8, 4) is 11.5 Å². The van der Waals surface area contributed by atoms with E-state index in [1.54, 1.807) is 0 Å². The van der Waals surface area contributed by atoms with Crippen LogP contribution in [0.15, 0.2) is 24.3 Å². The summed E-state index contributed by atoms with van der Waals surface area (Å²) in [6.07, 6.45) is 2.79. The van der Waals surface area contributed by atoms with E-state index in [0.29, 0.717) is 0 Å². The summed E-state index contributed by atoms with van der Waals surface area (Å²) in [6.45, 7) is 10.5. The van der Waals surface area contributed by atoms with Gasteiger partial charge in [0.15, 0.2) is 11.5 Å². The van der Waals surface area contributed by atoms with Crippen LogP contribution in [0, 0.1) is 5.92 Å². The Kier molecular flexibility index (Phi) is 5.72. The van der Waals surface area contributed by atoms with Crippen molar-refractivity contribution in [3.63, 3.8) is 0 Å². The van der Waals surface area contributed by atoms with Crippen LogP contribution < -0.4 is 9.47 Å². The second-order valence-electron chi connectivity index (χ2n) is 5.99. The van der Waals surface area contributed by atoms with Crippen molar-refractivity contribution in [2.45, 2.75) is 39.7 Å². The van der Waals surface area contributed by atoms with Gasteiger partial charge in [-0.15, -0.1) is 0 Å². The van der Waals surface area contributed by atoms with E-state index in [2.05, 4.69) is 11.8 Å². The van der Waals surface area contributed by atoms with Gasteiger partial charge in [-0.25, -0.2) is 0 Å². The number of hydrogen-bond donors (Lipinski definition) is 0. The zero-order valence-electron chi connectivity index (χ0n) is 13.0. The molecule has 3 nitrogen and oxygen atoms in total. The van der Waals surface area contributed by atoms with Gasteiger partial charge in [-0.2, -0.15) is 0 Å². The van der Waals surface area contributed by atoms with E-state index in [1.165, 1.54) is 25.9 Å². The molecule has 1 heterocycles. The summed E-state index contributed by atoms with van der Waals surface area (Å²) in [5, 5.41) is 0. The van der Waals surface area contributed by atoms with E-state index in [0.717, 1.165) is 30.6 Å². The molecule has 0 aromatic heterocycles. The number of ether oxygens (including phenoxy) is 2. The van der Waals surface area contributed by atoms with Gasteiger partial charge in [-0.1, -0.05) is 19.1 Å². The fourth-order valence-electron chi connectivity index (χ4n) is 2.49. The SMILES string of the molecule is CC1CCN(CCOc2ccccc2OC(C)C)CC1. The average molecular weight is 277 g/mol. The highest BCUT2D eigenvalue weighted by Crippen LogP contribution is 2.27. The second-order valence-corrected chi connectivity index (χ2v) is 5.99. The van der Waals surface area contributed by atoms with Gasteiger partial charge >= 0.3 is 0 Å². The molecule has 1 saturated heterocycles. The first kappa shape index (κ1) is 15.2. The highest BCUT2D eigenvalue weighted by Gasteiger charge is 2.15. The first-order valence-electron chi connectivity index (χ1n) is 7.76. The molecule has 3 heteroatoms. The number of hydrogen-bond acceptors (Lipinski definition) is 3. The van der Waals surface area contributed by atoms with E-state index in [-0.39, 0.29) is 6.10 Å². The number of likely N-dealkylation sites (tertiary alicyclic amines) is 1. The Bertz CT molecular complexity index is 398. The van der Waals surface area contributed by atoms with Gasteiger partial charge in [0.05, 0.1) is 6.10 Å². The molecule has 0 radical (unpaired) electrons. The normalized spacial score (nSPS) is 17.4. The van der Waals surface area contributed by atoms with Crippen molar-refractivity contribution in [3.05, 3.63) is 24.3 Å². The molecule has 0 saturated carbocycles. The molecule has 1 aromatic rings. The Morgan fingerprint density at radius 2 is 1.80 bits per heavy atom. The van der Waals surface area contributed by atoms with Crippen LogP contribution in [-0.4, -0.2) is 37.2 Å². The smallest absolute Gasteiger partial charge is 0.161 e. The molecule has 1 aromatic carbocycles. The summed E-state index contributed by atoms with van der Waals surface area (Å²) < 4.78 is 11.7. The van der Waals surface area contributed by atoms with E-state index in [4.69, 9.17) is 9.47 Å². The first-order chi connectivity index (χ1) is 9.65. The van der Waals surface area contributed by atoms with Crippen LogP contribution in [0.2, 0.25) is 0 Å². The molecule has 0 aliphatic carbocycles. The van der Waals surface area contributed by atoms with Crippen LogP contribution in [0.4, 0.5) is 0 Å². The Balaban J connectivity index is 1.79. The zero-order valence-corrected chi connectivity index (χ0v) is 13.0. The molecule has 1 fully saturated rings. The van der Waals surface area contributed by atoms with E-state index in [9.17, 15) is 0 Å². The van der Waals surface area contributed by atoms with Crippen LogP contribution in [0.1, 0.15) is 33.6 Å². The van der Waals surface area contributed by atoms with Crippen LogP contribution in [0.5, 0.6) is 11.5 Å². The molecule has 0 amide bonds. The molecule has 1 aliphatic heterocycles. The van der Waals surface area contributed by atoms with Gasteiger partial charge in [0.2, 0.25) is 0 Å². The Hall–Kier alpha value is -1.22. The minimum Gasteiger partial charge on any atom is -0.488 e. The van der Waals surface area contributed by atoms with Crippen LogP contribution in [0.3, 0.4) is 0 Å². The maximum absolute atomic E-state index is 5.90. The van der Waals surface area contributed by atoms with Crippen molar-refractivity contribution in [2.24, 2.45) is 5.92 Å². The predicted octanol–water partition coefficient (Wildman–Crippen LogP) is 3.58. The molecule has 0 N–H and O–H groups in total. The second kappa shape index (κ2) is 7.53. The van der Waals surface area contributed by atoms with Gasteiger partial charge < -0.3 is 9.47 Å². The monoisotopic (exact) mass is 277 g/mol. The van der Waals surface area contributed by atoms with Crippen LogP contribution in [0.25, 0.3) is 0 Å². The molecule has 2 rings (SSSR count). The largest absolute Gasteiger partial charge is 0.488 e. The van der Waals surface area contributed by atoms with Crippen molar-refractivity contribution in [1.29, 1.82) is 0 Å². The van der Waals surface area contributed by atoms with Gasteiger partial charge in [-0.3, -0.25) is 4.90 Å². The summed E-state index contributed by atoms with van der Waals surface area (Å²) in [4.78, 5) is 2.49. The quantitative estimate of drug-likeness (QED) is 0.793. The lowest BCUT2D eigenvalue weighted by Crippen LogP contribution is -2.35. The Morgan fingerprint density at radius 3 is 2.45 bits per heavy atom. The van der Waals surface area contributed by atoms with Gasteiger partial charge in [-0.05, 0) is 57.8 Å². The first-order valence-corrected chi connectivity index (χ1v) is 7.76.